The van der Waals surface area contributed by atoms with Gasteiger partial charge in [0.1, 0.15) is 17.6 Å². The summed E-state index contributed by atoms with van der Waals surface area (Å²) in [7, 11) is 1.55. The number of hydrogen-bond acceptors (Lipinski definition) is 3. The number of aryl methyl sites for hydroxylation is 1. The van der Waals surface area contributed by atoms with Crippen molar-refractivity contribution in [2.45, 2.75) is 31.8 Å². The highest BCUT2D eigenvalue weighted by atomic mass is 19.1. The van der Waals surface area contributed by atoms with E-state index in [4.69, 9.17) is 4.74 Å². The molecule has 4 nitrogen and oxygen atoms in total. The number of methoxy groups -OCH3 is 1. The highest BCUT2D eigenvalue weighted by molar-refractivity contribution is 5.74. The van der Waals surface area contributed by atoms with Crippen molar-refractivity contribution in [1.82, 2.24) is 4.90 Å². The van der Waals surface area contributed by atoms with Crippen molar-refractivity contribution >= 4 is 5.97 Å². The zero-order valence-electron chi connectivity index (χ0n) is 14.4. The maximum Gasteiger partial charge on any atom is 0.320 e. The van der Waals surface area contributed by atoms with Crippen molar-refractivity contribution in [2.24, 2.45) is 0 Å². The van der Waals surface area contributed by atoms with E-state index in [0.717, 1.165) is 17.5 Å². The topological polar surface area (TPSA) is 49.8 Å². The van der Waals surface area contributed by atoms with Gasteiger partial charge in [-0.3, -0.25) is 9.69 Å². The molecule has 0 aromatic heterocycles. The third kappa shape index (κ3) is 3.37. The van der Waals surface area contributed by atoms with Crippen LogP contribution in [-0.4, -0.2) is 35.7 Å². The fourth-order valence-electron chi connectivity index (χ4n) is 3.70. The van der Waals surface area contributed by atoms with Crippen LogP contribution in [0.3, 0.4) is 0 Å². The van der Waals surface area contributed by atoms with E-state index in [1.807, 2.05) is 36.1 Å². The molecule has 0 amide bonds. The Morgan fingerprint density at radius 2 is 2.04 bits per heavy atom. The third-order valence-corrected chi connectivity index (χ3v) is 4.88. The number of nitrogens with zero attached hydrogens (tertiary/aromatic N) is 1. The van der Waals surface area contributed by atoms with Gasteiger partial charge in [0.25, 0.3) is 0 Å². The van der Waals surface area contributed by atoms with E-state index in [1.54, 1.807) is 13.2 Å². The van der Waals surface area contributed by atoms with E-state index in [1.165, 1.54) is 12.1 Å². The number of rotatable bonds is 5. The van der Waals surface area contributed by atoms with Gasteiger partial charge in [-0.15, -0.1) is 0 Å². The maximum absolute atomic E-state index is 14.0. The van der Waals surface area contributed by atoms with Gasteiger partial charge in [-0.2, -0.15) is 0 Å². The Hall–Kier alpha value is -2.40. The summed E-state index contributed by atoms with van der Waals surface area (Å²) in [5, 5.41) is 9.63. The van der Waals surface area contributed by atoms with Crippen LogP contribution in [0.25, 0.3) is 0 Å². The lowest BCUT2D eigenvalue weighted by atomic mass is 9.92. The Kier molecular flexibility index (Phi) is 5.04. The molecule has 0 saturated carbocycles. The van der Waals surface area contributed by atoms with Gasteiger partial charge in [-0.1, -0.05) is 24.3 Å². The molecule has 2 aromatic rings. The van der Waals surface area contributed by atoms with Gasteiger partial charge in [0, 0.05) is 12.1 Å². The third-order valence-electron chi connectivity index (χ3n) is 4.88. The van der Waals surface area contributed by atoms with Gasteiger partial charge < -0.3 is 9.84 Å². The van der Waals surface area contributed by atoms with Crippen molar-refractivity contribution < 1.29 is 19.0 Å². The summed E-state index contributed by atoms with van der Waals surface area (Å²) in [6.07, 6.45) is 1.40. The van der Waals surface area contributed by atoms with Crippen LogP contribution in [0.1, 0.15) is 35.6 Å². The normalized spacial score (nSPS) is 18.9. The van der Waals surface area contributed by atoms with E-state index >= 15 is 0 Å². The zero-order valence-corrected chi connectivity index (χ0v) is 14.4. The van der Waals surface area contributed by atoms with Gasteiger partial charge in [-0.25, -0.2) is 4.39 Å². The monoisotopic (exact) mass is 343 g/mol. The number of likely N-dealkylation sites (tertiary alicyclic amines) is 1. The van der Waals surface area contributed by atoms with Crippen LogP contribution in [0.4, 0.5) is 4.39 Å². The predicted molar refractivity (Wildman–Crippen MR) is 93.3 cm³/mol. The predicted octanol–water partition coefficient (Wildman–Crippen LogP) is 3.78. The smallest absolute Gasteiger partial charge is 0.320 e. The molecule has 2 atom stereocenters. The quantitative estimate of drug-likeness (QED) is 0.898. The van der Waals surface area contributed by atoms with Gasteiger partial charge in [0.05, 0.1) is 13.2 Å². The van der Waals surface area contributed by atoms with Crippen molar-refractivity contribution in [3.05, 3.63) is 65.0 Å². The molecular formula is C20H22FNO3. The van der Waals surface area contributed by atoms with Gasteiger partial charge in [0.15, 0.2) is 0 Å². The molecule has 0 aliphatic carbocycles. The molecule has 2 aromatic carbocycles. The molecule has 0 radical (unpaired) electrons. The summed E-state index contributed by atoms with van der Waals surface area (Å²) in [5.74, 6) is -0.641. The van der Waals surface area contributed by atoms with Gasteiger partial charge in [-0.05, 0) is 49.1 Å². The lowest BCUT2D eigenvalue weighted by Gasteiger charge is -2.33. The molecule has 1 saturated heterocycles. The number of carboxylic acid groups (broad SMARTS) is 1. The highest BCUT2D eigenvalue weighted by Gasteiger charge is 2.38. The summed E-state index contributed by atoms with van der Waals surface area (Å²) in [6, 6.07) is 11.3. The summed E-state index contributed by atoms with van der Waals surface area (Å²) in [5.41, 5.74) is 2.67. The largest absolute Gasteiger partial charge is 0.496 e. The fourth-order valence-corrected chi connectivity index (χ4v) is 3.70. The summed E-state index contributed by atoms with van der Waals surface area (Å²) in [6.45, 7) is 2.63. The SMILES string of the molecule is COc1ccc(F)cc1C(c1ccccc1C)N1CCCC1C(=O)O. The number of hydrogen-bond donors (Lipinski definition) is 1. The summed E-state index contributed by atoms with van der Waals surface area (Å²) >= 11 is 0. The Morgan fingerprint density at radius 3 is 2.72 bits per heavy atom. The molecule has 1 aliphatic rings. The Labute approximate surface area is 146 Å². The van der Waals surface area contributed by atoms with Gasteiger partial charge in [0.2, 0.25) is 0 Å². The first-order valence-corrected chi connectivity index (χ1v) is 8.40. The second kappa shape index (κ2) is 7.23. The Balaban J connectivity index is 2.18. The minimum atomic E-state index is -0.841. The molecule has 1 fully saturated rings. The highest BCUT2D eigenvalue weighted by Crippen LogP contribution is 2.40. The van der Waals surface area contributed by atoms with Crippen LogP contribution in [0, 0.1) is 12.7 Å². The average Bonchev–Trinajstić information content (AvgIpc) is 3.07. The van der Waals surface area contributed by atoms with Crippen LogP contribution in [0.15, 0.2) is 42.5 Å². The number of carboxylic acids is 1. The molecular weight excluding hydrogens is 321 g/mol. The number of ether oxygens (including phenoxy) is 1. The second-order valence-electron chi connectivity index (χ2n) is 6.38. The second-order valence-corrected chi connectivity index (χ2v) is 6.38. The Morgan fingerprint density at radius 1 is 1.28 bits per heavy atom. The molecule has 1 N–H and O–H groups in total. The van der Waals surface area contributed by atoms with Crippen molar-refractivity contribution in [1.29, 1.82) is 0 Å². The van der Waals surface area contributed by atoms with E-state index in [9.17, 15) is 14.3 Å². The van der Waals surface area contributed by atoms with Crippen molar-refractivity contribution in [3.8, 4) is 5.75 Å². The average molecular weight is 343 g/mol. The number of aliphatic carboxylic acids is 1. The first kappa shape index (κ1) is 17.4. The molecule has 0 bridgehead atoms. The molecule has 2 unspecified atom stereocenters. The van der Waals surface area contributed by atoms with Crippen LogP contribution in [0.2, 0.25) is 0 Å². The van der Waals surface area contributed by atoms with E-state index in [0.29, 0.717) is 24.3 Å². The van der Waals surface area contributed by atoms with Crippen molar-refractivity contribution in [2.75, 3.05) is 13.7 Å². The van der Waals surface area contributed by atoms with Crippen LogP contribution in [0.5, 0.6) is 5.75 Å². The molecule has 5 heteroatoms. The van der Waals surface area contributed by atoms with Crippen LogP contribution in [-0.2, 0) is 4.79 Å². The van der Waals surface area contributed by atoms with Crippen molar-refractivity contribution in [3.63, 3.8) is 0 Å². The summed E-state index contributed by atoms with van der Waals surface area (Å²) < 4.78 is 19.5. The molecule has 132 valence electrons. The summed E-state index contributed by atoms with van der Waals surface area (Å²) in [4.78, 5) is 13.7. The Bertz CT molecular complexity index is 777. The molecule has 1 aliphatic heterocycles. The minimum absolute atomic E-state index is 0.361. The zero-order chi connectivity index (χ0) is 18.0. The molecule has 1 heterocycles. The molecule has 0 spiro atoms. The van der Waals surface area contributed by atoms with E-state index < -0.39 is 12.0 Å². The lowest BCUT2D eigenvalue weighted by Crippen LogP contribution is -2.39. The van der Waals surface area contributed by atoms with E-state index in [-0.39, 0.29) is 11.9 Å². The van der Waals surface area contributed by atoms with Gasteiger partial charge >= 0.3 is 5.97 Å². The number of carbonyl (C=O) groups is 1. The number of halogens is 1. The molecule has 3 rings (SSSR count). The first-order valence-electron chi connectivity index (χ1n) is 8.40. The van der Waals surface area contributed by atoms with Crippen LogP contribution < -0.4 is 4.74 Å². The fraction of sp³-hybridized carbons (Fsp3) is 0.350. The number of benzene rings is 2. The minimum Gasteiger partial charge on any atom is -0.496 e. The van der Waals surface area contributed by atoms with Crippen LogP contribution >= 0.6 is 0 Å². The lowest BCUT2D eigenvalue weighted by molar-refractivity contribution is -0.142. The first-order chi connectivity index (χ1) is 12.0. The molecule has 25 heavy (non-hydrogen) atoms. The van der Waals surface area contributed by atoms with E-state index in [2.05, 4.69) is 0 Å². The maximum atomic E-state index is 14.0. The standard InChI is InChI=1S/C20H22FNO3/c1-13-6-3-4-7-15(13)19(22-11-5-8-17(22)20(23)24)16-12-14(21)9-10-18(16)25-2/h3-4,6-7,9-10,12,17,19H,5,8,11H2,1-2H3,(H,23,24).